The first kappa shape index (κ1) is 32.2. The number of nitrogens with one attached hydrogen (secondary N) is 2. The summed E-state index contributed by atoms with van der Waals surface area (Å²) in [4.78, 5) is 36.5. The number of aromatic amines is 1. The molecular weight excluding hydrogens is 655 g/mol. The van der Waals surface area contributed by atoms with Crippen LogP contribution in [-0.2, 0) is 20.1 Å². The minimum Gasteiger partial charge on any atom is -0.474 e. The van der Waals surface area contributed by atoms with E-state index in [1.807, 2.05) is 61.6 Å². The molecule has 2 fully saturated rings. The van der Waals surface area contributed by atoms with Crippen molar-refractivity contribution in [3.8, 4) is 5.88 Å². The average Bonchev–Trinajstić information content (AvgIpc) is 3.43. The lowest BCUT2D eigenvalue weighted by Gasteiger charge is -2.32. The lowest BCUT2D eigenvalue weighted by atomic mass is 9.91. The highest BCUT2D eigenvalue weighted by Crippen LogP contribution is 2.40. The number of carbonyl (C=O) groups excluding carboxylic acids is 1. The lowest BCUT2D eigenvalue weighted by molar-refractivity contribution is 0.0639. The number of piperidine rings is 1. The summed E-state index contributed by atoms with van der Waals surface area (Å²) in [7, 11) is -3.72. The van der Waals surface area contributed by atoms with Gasteiger partial charge in [0.2, 0.25) is 5.88 Å². The molecule has 13 heteroatoms. The SMILES string of the molecule is CCCS(=O)(=O)C1=C2C=CC(=N2)C=c2ccc([nH]2)=CC2=NC(=CC3(c4cc(OC5CCN(C(=O)OCC6CC6)CC5)ncn4)CC=C1N3)C=C2. The number of fused-ring (bicyclic) bond motifs is 6. The van der Waals surface area contributed by atoms with E-state index >= 15 is 0 Å². The Kier molecular flexibility index (Phi) is 8.38. The molecule has 12 nitrogen and oxygen atoms in total. The van der Waals surface area contributed by atoms with E-state index in [2.05, 4.69) is 15.3 Å². The maximum absolute atomic E-state index is 13.9. The van der Waals surface area contributed by atoms with Crippen LogP contribution in [0.25, 0.3) is 12.2 Å². The van der Waals surface area contributed by atoms with Crippen molar-refractivity contribution in [3.63, 3.8) is 0 Å². The molecule has 0 aromatic carbocycles. The molecule has 2 N–H and O–H groups in total. The van der Waals surface area contributed by atoms with Crippen LogP contribution in [0.1, 0.15) is 51.1 Å². The Morgan fingerprint density at radius 1 is 1.00 bits per heavy atom. The molecule has 2 aromatic heterocycles. The van der Waals surface area contributed by atoms with Gasteiger partial charge in [0.15, 0.2) is 9.84 Å². The van der Waals surface area contributed by atoms with Crippen LogP contribution in [-0.4, -0.2) is 77.3 Å². The number of carbonyl (C=O) groups is 1. The highest BCUT2D eigenvalue weighted by molar-refractivity contribution is 7.95. The van der Waals surface area contributed by atoms with Gasteiger partial charge >= 0.3 is 6.09 Å². The zero-order valence-corrected chi connectivity index (χ0v) is 28.7. The molecule has 258 valence electrons. The van der Waals surface area contributed by atoms with Crippen molar-refractivity contribution in [1.82, 2.24) is 25.2 Å². The van der Waals surface area contributed by atoms with Crippen LogP contribution in [0.4, 0.5) is 4.79 Å². The van der Waals surface area contributed by atoms with Crippen molar-refractivity contribution >= 4 is 39.5 Å². The second kappa shape index (κ2) is 13.0. The van der Waals surface area contributed by atoms with Gasteiger partial charge in [0.05, 0.1) is 46.6 Å². The van der Waals surface area contributed by atoms with Gasteiger partial charge in [0, 0.05) is 49.1 Å². The number of sulfone groups is 1. The van der Waals surface area contributed by atoms with E-state index < -0.39 is 15.4 Å². The molecule has 2 aromatic rings. The molecule has 6 aliphatic rings. The number of H-pyrrole nitrogens is 1. The standard InChI is InChI=1S/C37H39N7O5S/c1-2-17-50(46,47)35-31-10-9-28(42-31)19-26-6-5-25(40-26)18-27-7-8-29(41-27)21-37(14-11-32(35)43-37)33-20-34(39-23-38-33)49-30-12-15-44(16-13-30)36(45)48-22-24-3-4-24/h5-11,18-21,23-24,30,40,43H,2-4,12-17,22H2,1H3. The predicted molar refractivity (Wildman–Crippen MR) is 190 cm³/mol. The first-order chi connectivity index (χ1) is 24.2. The highest BCUT2D eigenvalue weighted by Gasteiger charge is 2.41. The summed E-state index contributed by atoms with van der Waals surface area (Å²) in [6, 6.07) is 5.73. The summed E-state index contributed by atoms with van der Waals surface area (Å²) in [6.45, 7) is 3.45. The fourth-order valence-electron chi connectivity index (χ4n) is 6.78. The number of rotatable bonds is 8. The Balaban J connectivity index is 1.12. The maximum Gasteiger partial charge on any atom is 0.409 e. The van der Waals surface area contributed by atoms with Crippen molar-refractivity contribution in [2.24, 2.45) is 15.9 Å². The van der Waals surface area contributed by atoms with Crippen LogP contribution in [0, 0.1) is 5.92 Å². The Labute approximate surface area is 290 Å². The van der Waals surface area contributed by atoms with Crippen LogP contribution >= 0.6 is 0 Å². The molecule has 7 heterocycles. The fourth-order valence-corrected chi connectivity index (χ4v) is 8.42. The minimum atomic E-state index is -3.72. The molecular formula is C37H39N7O5S. The summed E-state index contributed by atoms with van der Waals surface area (Å²) in [6.07, 6.45) is 20.7. The summed E-state index contributed by atoms with van der Waals surface area (Å²) < 4.78 is 39.6. The second-order valence-electron chi connectivity index (χ2n) is 13.5. The van der Waals surface area contributed by atoms with Crippen LogP contribution in [0.3, 0.4) is 0 Å². The predicted octanol–water partition coefficient (Wildman–Crippen LogP) is 3.48. The number of allylic oxidation sites excluding steroid dienone is 4. The molecule has 0 spiro atoms. The van der Waals surface area contributed by atoms with Crippen molar-refractivity contribution < 1.29 is 22.7 Å². The zero-order valence-electron chi connectivity index (χ0n) is 27.8. The van der Waals surface area contributed by atoms with Gasteiger partial charge in [-0.05, 0) is 79.8 Å². The van der Waals surface area contributed by atoms with E-state index in [1.165, 1.54) is 6.33 Å². The molecule has 0 radical (unpaired) electrons. The van der Waals surface area contributed by atoms with Gasteiger partial charge in [-0.1, -0.05) is 13.0 Å². The number of hydrogen-bond acceptors (Lipinski definition) is 10. The number of nitrogens with zero attached hydrogens (tertiary/aromatic N) is 5. The Morgan fingerprint density at radius 2 is 1.76 bits per heavy atom. The summed E-state index contributed by atoms with van der Waals surface area (Å²) in [5, 5.41) is 5.30. The zero-order chi connectivity index (χ0) is 34.3. The highest BCUT2D eigenvalue weighted by atomic mass is 32.2. The van der Waals surface area contributed by atoms with E-state index in [4.69, 9.17) is 24.4 Å². The molecule has 1 saturated carbocycles. The van der Waals surface area contributed by atoms with Gasteiger partial charge < -0.3 is 24.7 Å². The third kappa shape index (κ3) is 6.74. The normalized spacial score (nSPS) is 23.0. The lowest BCUT2D eigenvalue weighted by Crippen LogP contribution is -2.42. The molecule has 50 heavy (non-hydrogen) atoms. The van der Waals surface area contributed by atoms with Gasteiger partial charge in [-0.2, -0.15) is 0 Å². The molecule has 8 rings (SSSR count). The third-order valence-corrected chi connectivity index (χ3v) is 11.5. The number of amides is 1. The van der Waals surface area contributed by atoms with E-state index in [0.29, 0.717) is 85.7 Å². The fraction of sp³-hybridized carbons (Fsp3) is 0.378. The van der Waals surface area contributed by atoms with Gasteiger partial charge in [-0.3, -0.25) is 0 Å². The van der Waals surface area contributed by atoms with Gasteiger partial charge in [0.1, 0.15) is 22.9 Å². The van der Waals surface area contributed by atoms with Crippen molar-refractivity contribution in [2.45, 2.75) is 57.1 Å². The molecule has 5 aliphatic heterocycles. The van der Waals surface area contributed by atoms with Crippen molar-refractivity contribution in [2.75, 3.05) is 25.4 Å². The smallest absolute Gasteiger partial charge is 0.409 e. The van der Waals surface area contributed by atoms with E-state index in [0.717, 1.165) is 29.3 Å². The maximum atomic E-state index is 13.9. The Morgan fingerprint density at radius 3 is 2.52 bits per heavy atom. The average molecular weight is 694 g/mol. The second-order valence-corrected chi connectivity index (χ2v) is 15.5. The first-order valence-corrected chi connectivity index (χ1v) is 18.9. The van der Waals surface area contributed by atoms with Crippen molar-refractivity contribution in [3.05, 3.63) is 99.4 Å². The van der Waals surface area contributed by atoms with E-state index in [1.54, 1.807) is 17.0 Å². The van der Waals surface area contributed by atoms with Crippen LogP contribution in [0.5, 0.6) is 5.88 Å². The molecule has 1 atom stereocenters. The van der Waals surface area contributed by atoms with Gasteiger partial charge in [0.25, 0.3) is 0 Å². The summed E-state index contributed by atoms with van der Waals surface area (Å²) in [5.41, 5.74) is 2.62. The third-order valence-electron chi connectivity index (χ3n) is 9.55. The Bertz CT molecular complexity index is 2180. The monoisotopic (exact) mass is 693 g/mol. The molecule has 1 saturated heterocycles. The summed E-state index contributed by atoms with van der Waals surface area (Å²) in [5.74, 6) is 0.910. The Hall–Kier alpha value is -5.04. The number of likely N-dealkylation sites (tertiary alicyclic amines) is 1. The van der Waals surface area contributed by atoms with Crippen molar-refractivity contribution in [1.29, 1.82) is 0 Å². The minimum absolute atomic E-state index is 0.0177. The van der Waals surface area contributed by atoms with Crippen LogP contribution in [0.2, 0.25) is 0 Å². The molecule has 1 aliphatic carbocycles. The van der Waals surface area contributed by atoms with E-state index in [-0.39, 0.29) is 22.9 Å². The van der Waals surface area contributed by atoms with Crippen LogP contribution < -0.4 is 20.8 Å². The summed E-state index contributed by atoms with van der Waals surface area (Å²) >= 11 is 0. The quantitative estimate of drug-likeness (QED) is 0.427. The van der Waals surface area contributed by atoms with Crippen LogP contribution in [0.15, 0.2) is 93.0 Å². The first-order valence-electron chi connectivity index (χ1n) is 17.3. The number of aromatic nitrogens is 3. The molecule has 8 bridgehead atoms. The number of hydrogen-bond donors (Lipinski definition) is 2. The van der Waals surface area contributed by atoms with Gasteiger partial charge in [-0.15, -0.1) is 0 Å². The topological polar surface area (TPSA) is 151 Å². The molecule has 1 unspecified atom stereocenters. The molecule has 1 amide bonds. The largest absolute Gasteiger partial charge is 0.474 e. The number of aliphatic imine (C=N–C) groups is 2. The number of ether oxygens (including phenoxy) is 2. The van der Waals surface area contributed by atoms with E-state index in [9.17, 15) is 13.2 Å². The van der Waals surface area contributed by atoms with Gasteiger partial charge in [-0.25, -0.2) is 33.2 Å².